The van der Waals surface area contributed by atoms with Crippen LogP contribution in [0.5, 0.6) is 0 Å². The van der Waals surface area contributed by atoms with Crippen molar-refractivity contribution in [2.75, 3.05) is 19.5 Å². The van der Waals surface area contributed by atoms with E-state index >= 15 is 0 Å². The predicted molar refractivity (Wildman–Crippen MR) is 83.0 cm³/mol. The van der Waals surface area contributed by atoms with E-state index in [1.54, 1.807) is 7.11 Å². The Balaban J connectivity index is 2.30. The molecule has 1 aliphatic carbocycles. The number of nitrogens with two attached hydrogens (primary N) is 1. The summed E-state index contributed by atoms with van der Waals surface area (Å²) in [7, 11) is 1.73. The molecule has 114 valence electrons. The Kier molecular flexibility index (Phi) is 5.46. The fourth-order valence-electron chi connectivity index (χ4n) is 3.33. The number of nitrogen functional groups attached to an aromatic ring is 1. The van der Waals surface area contributed by atoms with Crippen molar-refractivity contribution in [2.45, 2.75) is 70.8 Å². The Hall–Kier alpha value is -1.03. The molecule has 0 saturated heterocycles. The zero-order valence-corrected chi connectivity index (χ0v) is 13.2. The van der Waals surface area contributed by atoms with Gasteiger partial charge in [0.15, 0.2) is 0 Å². The SMILES string of the molecule is CCCn1c(C2CCCCC2)nc(C(C)COC)c1N. The minimum Gasteiger partial charge on any atom is -0.384 e. The van der Waals surface area contributed by atoms with Crippen molar-refractivity contribution >= 4 is 5.82 Å². The molecular weight excluding hydrogens is 250 g/mol. The molecule has 1 heterocycles. The van der Waals surface area contributed by atoms with Gasteiger partial charge in [-0.05, 0) is 19.3 Å². The van der Waals surface area contributed by atoms with Gasteiger partial charge in [-0.1, -0.05) is 33.1 Å². The van der Waals surface area contributed by atoms with Crippen LogP contribution in [0, 0.1) is 0 Å². The number of nitrogens with zero attached hydrogens (tertiary/aromatic N) is 2. The fraction of sp³-hybridized carbons (Fsp3) is 0.812. The number of hydrogen-bond donors (Lipinski definition) is 1. The van der Waals surface area contributed by atoms with Crippen LogP contribution in [0.1, 0.15) is 75.7 Å². The van der Waals surface area contributed by atoms with Crippen molar-refractivity contribution < 1.29 is 4.74 Å². The largest absolute Gasteiger partial charge is 0.384 e. The van der Waals surface area contributed by atoms with Crippen LogP contribution in [0.2, 0.25) is 0 Å². The molecule has 4 heteroatoms. The van der Waals surface area contributed by atoms with Crippen molar-refractivity contribution in [3.05, 3.63) is 11.5 Å². The second kappa shape index (κ2) is 7.11. The molecule has 2 rings (SSSR count). The summed E-state index contributed by atoms with van der Waals surface area (Å²) >= 11 is 0. The van der Waals surface area contributed by atoms with E-state index < -0.39 is 0 Å². The average molecular weight is 279 g/mol. The van der Waals surface area contributed by atoms with Gasteiger partial charge in [-0.15, -0.1) is 0 Å². The topological polar surface area (TPSA) is 53.1 Å². The fourth-order valence-corrected chi connectivity index (χ4v) is 3.33. The molecule has 20 heavy (non-hydrogen) atoms. The molecule has 1 unspecified atom stereocenters. The number of aromatic nitrogens is 2. The van der Waals surface area contributed by atoms with Crippen molar-refractivity contribution in [2.24, 2.45) is 0 Å². The van der Waals surface area contributed by atoms with E-state index in [0.717, 1.165) is 24.5 Å². The van der Waals surface area contributed by atoms with Crippen LogP contribution >= 0.6 is 0 Å². The van der Waals surface area contributed by atoms with E-state index in [0.29, 0.717) is 12.5 Å². The third-order valence-corrected chi connectivity index (χ3v) is 4.37. The van der Waals surface area contributed by atoms with Gasteiger partial charge in [-0.3, -0.25) is 0 Å². The Morgan fingerprint density at radius 1 is 1.35 bits per heavy atom. The summed E-state index contributed by atoms with van der Waals surface area (Å²) in [5, 5.41) is 0. The molecular formula is C16H29N3O. The third-order valence-electron chi connectivity index (χ3n) is 4.37. The first-order chi connectivity index (χ1) is 9.69. The summed E-state index contributed by atoms with van der Waals surface area (Å²) in [6, 6.07) is 0. The lowest BCUT2D eigenvalue weighted by atomic mass is 9.88. The van der Waals surface area contributed by atoms with Crippen LogP contribution in [0.4, 0.5) is 5.82 Å². The molecule has 4 nitrogen and oxygen atoms in total. The van der Waals surface area contributed by atoms with Crippen LogP contribution in [-0.4, -0.2) is 23.3 Å². The summed E-state index contributed by atoms with van der Waals surface area (Å²) in [6.45, 7) is 5.99. The molecule has 0 aliphatic heterocycles. The zero-order chi connectivity index (χ0) is 14.5. The number of methoxy groups -OCH3 is 1. The minimum atomic E-state index is 0.264. The third kappa shape index (κ3) is 3.17. The van der Waals surface area contributed by atoms with Crippen LogP contribution in [-0.2, 0) is 11.3 Å². The highest BCUT2D eigenvalue weighted by Crippen LogP contribution is 2.35. The van der Waals surface area contributed by atoms with Crippen LogP contribution in [0.15, 0.2) is 0 Å². The highest BCUT2D eigenvalue weighted by atomic mass is 16.5. The molecule has 0 spiro atoms. The molecule has 0 aromatic carbocycles. The molecule has 0 radical (unpaired) electrons. The molecule has 1 atom stereocenters. The Bertz CT molecular complexity index is 422. The second-order valence-corrected chi connectivity index (χ2v) is 6.08. The second-order valence-electron chi connectivity index (χ2n) is 6.08. The van der Waals surface area contributed by atoms with Gasteiger partial charge in [0.25, 0.3) is 0 Å². The molecule has 1 aliphatic rings. The smallest absolute Gasteiger partial charge is 0.127 e. The first-order valence-corrected chi connectivity index (χ1v) is 8.03. The molecule has 1 aromatic rings. The Morgan fingerprint density at radius 2 is 2.05 bits per heavy atom. The van der Waals surface area contributed by atoms with Crippen molar-refractivity contribution in [1.82, 2.24) is 9.55 Å². The number of anilines is 1. The number of hydrogen-bond acceptors (Lipinski definition) is 3. The van der Waals surface area contributed by atoms with Gasteiger partial charge in [0, 0.05) is 25.5 Å². The van der Waals surface area contributed by atoms with E-state index in [4.69, 9.17) is 15.5 Å². The first-order valence-electron chi connectivity index (χ1n) is 8.03. The van der Waals surface area contributed by atoms with Gasteiger partial charge >= 0.3 is 0 Å². The van der Waals surface area contributed by atoms with E-state index in [1.165, 1.54) is 37.9 Å². The quantitative estimate of drug-likeness (QED) is 0.864. The van der Waals surface area contributed by atoms with Crippen LogP contribution in [0.25, 0.3) is 0 Å². The van der Waals surface area contributed by atoms with Crippen molar-refractivity contribution in [1.29, 1.82) is 0 Å². The number of ether oxygens (including phenoxy) is 1. The summed E-state index contributed by atoms with van der Waals surface area (Å²) in [5.41, 5.74) is 7.40. The zero-order valence-electron chi connectivity index (χ0n) is 13.2. The summed E-state index contributed by atoms with van der Waals surface area (Å²) < 4.78 is 7.52. The highest BCUT2D eigenvalue weighted by Gasteiger charge is 2.25. The maximum Gasteiger partial charge on any atom is 0.127 e. The van der Waals surface area contributed by atoms with E-state index in [9.17, 15) is 0 Å². The lowest BCUT2D eigenvalue weighted by Crippen LogP contribution is -2.13. The maximum absolute atomic E-state index is 6.37. The van der Waals surface area contributed by atoms with Gasteiger partial charge in [0.1, 0.15) is 11.6 Å². The number of rotatable bonds is 6. The van der Waals surface area contributed by atoms with Gasteiger partial charge < -0.3 is 15.0 Å². The van der Waals surface area contributed by atoms with E-state index in [-0.39, 0.29) is 5.92 Å². The molecule has 1 aromatic heterocycles. The molecule has 0 amide bonds. The van der Waals surface area contributed by atoms with Gasteiger partial charge in [-0.2, -0.15) is 0 Å². The molecule has 1 fully saturated rings. The number of imidazole rings is 1. The van der Waals surface area contributed by atoms with Gasteiger partial charge in [0.05, 0.1) is 12.3 Å². The monoisotopic (exact) mass is 279 g/mol. The van der Waals surface area contributed by atoms with Crippen molar-refractivity contribution in [3.63, 3.8) is 0 Å². The van der Waals surface area contributed by atoms with Crippen molar-refractivity contribution in [3.8, 4) is 0 Å². The Labute approximate surface area is 122 Å². The van der Waals surface area contributed by atoms with Gasteiger partial charge in [-0.25, -0.2) is 4.98 Å². The van der Waals surface area contributed by atoms with E-state index in [1.807, 2.05) is 0 Å². The first kappa shape index (κ1) is 15.4. The van der Waals surface area contributed by atoms with Gasteiger partial charge in [0.2, 0.25) is 0 Å². The summed E-state index contributed by atoms with van der Waals surface area (Å²) in [6.07, 6.45) is 7.64. The minimum absolute atomic E-state index is 0.264. The highest BCUT2D eigenvalue weighted by molar-refractivity contribution is 5.41. The maximum atomic E-state index is 6.37. The molecule has 1 saturated carbocycles. The van der Waals surface area contributed by atoms with Crippen LogP contribution < -0.4 is 5.73 Å². The normalized spacial score (nSPS) is 18.4. The van der Waals surface area contributed by atoms with E-state index in [2.05, 4.69) is 18.4 Å². The Morgan fingerprint density at radius 3 is 2.65 bits per heavy atom. The predicted octanol–water partition coefficient (Wildman–Crippen LogP) is 3.67. The summed E-state index contributed by atoms with van der Waals surface area (Å²) in [4.78, 5) is 4.93. The molecule has 2 N–H and O–H groups in total. The lowest BCUT2D eigenvalue weighted by molar-refractivity contribution is 0.183. The molecule has 0 bridgehead atoms. The standard InChI is InChI=1S/C16H29N3O/c1-4-10-19-15(17)14(12(2)11-20-3)18-16(19)13-8-6-5-7-9-13/h12-13H,4-11,17H2,1-3H3. The lowest BCUT2D eigenvalue weighted by Gasteiger charge is -2.22. The van der Waals surface area contributed by atoms with Crippen LogP contribution in [0.3, 0.4) is 0 Å². The summed E-state index contributed by atoms with van der Waals surface area (Å²) in [5.74, 6) is 2.94. The average Bonchev–Trinajstić information content (AvgIpc) is 2.78.